The van der Waals surface area contributed by atoms with E-state index < -0.39 is 5.41 Å². The van der Waals surface area contributed by atoms with Crippen molar-refractivity contribution in [3.8, 4) is 0 Å². The molecular weight excluding hydrogens is 406 g/mol. The molecule has 2 amide bonds. The van der Waals surface area contributed by atoms with Crippen LogP contribution in [-0.2, 0) is 15.0 Å². The summed E-state index contributed by atoms with van der Waals surface area (Å²) >= 11 is 0. The summed E-state index contributed by atoms with van der Waals surface area (Å²) in [4.78, 5) is 29.9. The number of amides is 2. The van der Waals surface area contributed by atoms with Crippen LogP contribution in [0.2, 0.25) is 0 Å². The molecule has 1 heterocycles. The summed E-state index contributed by atoms with van der Waals surface area (Å²) in [5.74, 6) is -0.970. The lowest BCUT2D eigenvalue weighted by Crippen LogP contribution is -2.53. The van der Waals surface area contributed by atoms with E-state index in [-0.39, 0.29) is 29.6 Å². The Balaban J connectivity index is 1.52. The van der Waals surface area contributed by atoms with Gasteiger partial charge in [-0.3, -0.25) is 9.59 Å². The summed E-state index contributed by atoms with van der Waals surface area (Å²) in [5.41, 5.74) is 5.08. The van der Waals surface area contributed by atoms with Crippen molar-refractivity contribution in [3.63, 3.8) is 0 Å². The SMILES string of the molecule is CCC12c3ccccc3C(c3ccccc31)C1C(=O)N(c3cccc4ccccc34)C(=O)C12. The van der Waals surface area contributed by atoms with E-state index in [2.05, 4.69) is 55.5 Å². The molecular formula is C30H23NO2. The zero-order valence-corrected chi connectivity index (χ0v) is 18.4. The second-order valence-corrected chi connectivity index (χ2v) is 9.49. The molecule has 0 radical (unpaired) electrons. The van der Waals surface area contributed by atoms with Gasteiger partial charge >= 0.3 is 0 Å². The molecule has 33 heavy (non-hydrogen) atoms. The molecule has 4 aromatic rings. The maximum Gasteiger partial charge on any atom is 0.238 e. The monoisotopic (exact) mass is 429 g/mol. The molecule has 2 bridgehead atoms. The lowest BCUT2D eigenvalue weighted by molar-refractivity contribution is -0.123. The van der Waals surface area contributed by atoms with Crippen LogP contribution in [0.5, 0.6) is 0 Å². The van der Waals surface area contributed by atoms with Crippen molar-refractivity contribution in [3.05, 3.63) is 113 Å². The Hall–Kier alpha value is -3.72. The molecule has 4 aromatic carbocycles. The average Bonchev–Trinajstić information content (AvgIpc) is 3.14. The van der Waals surface area contributed by atoms with Gasteiger partial charge in [-0.05, 0) is 40.1 Å². The predicted molar refractivity (Wildman–Crippen MR) is 129 cm³/mol. The van der Waals surface area contributed by atoms with E-state index in [0.717, 1.165) is 17.2 Å². The van der Waals surface area contributed by atoms with Gasteiger partial charge in [-0.2, -0.15) is 0 Å². The number of hydrogen-bond donors (Lipinski definition) is 0. The number of carbonyl (C=O) groups is 2. The highest BCUT2D eigenvalue weighted by molar-refractivity contribution is 6.26. The molecule has 2 unspecified atom stereocenters. The van der Waals surface area contributed by atoms with Gasteiger partial charge in [-0.1, -0.05) is 91.9 Å². The van der Waals surface area contributed by atoms with Gasteiger partial charge in [0.15, 0.2) is 0 Å². The summed E-state index contributed by atoms with van der Waals surface area (Å²) in [6, 6.07) is 30.8. The number of fused-ring (bicyclic) bond motifs is 1. The number of anilines is 1. The molecule has 2 atom stereocenters. The number of nitrogens with zero attached hydrogens (tertiary/aromatic N) is 1. The Kier molecular flexibility index (Phi) is 3.66. The van der Waals surface area contributed by atoms with Crippen molar-refractivity contribution in [1.82, 2.24) is 0 Å². The molecule has 0 N–H and O–H groups in total. The molecule has 0 spiro atoms. The molecule has 160 valence electrons. The van der Waals surface area contributed by atoms with Crippen molar-refractivity contribution in [2.45, 2.75) is 24.7 Å². The molecule has 3 heteroatoms. The summed E-state index contributed by atoms with van der Waals surface area (Å²) < 4.78 is 0. The van der Waals surface area contributed by atoms with Crippen LogP contribution < -0.4 is 4.90 Å². The average molecular weight is 430 g/mol. The molecule has 0 aromatic heterocycles. The highest BCUT2D eigenvalue weighted by Gasteiger charge is 2.67. The van der Waals surface area contributed by atoms with Crippen LogP contribution in [0.3, 0.4) is 0 Å². The highest BCUT2D eigenvalue weighted by Crippen LogP contribution is 2.65. The molecule has 1 fully saturated rings. The van der Waals surface area contributed by atoms with E-state index >= 15 is 0 Å². The Morgan fingerprint density at radius 3 is 2.03 bits per heavy atom. The summed E-state index contributed by atoms with van der Waals surface area (Å²) in [7, 11) is 0. The van der Waals surface area contributed by atoms with Crippen molar-refractivity contribution in [2.75, 3.05) is 4.90 Å². The van der Waals surface area contributed by atoms with Gasteiger partial charge < -0.3 is 0 Å². The zero-order chi connectivity index (χ0) is 22.3. The van der Waals surface area contributed by atoms with Gasteiger partial charge in [0.05, 0.1) is 17.5 Å². The minimum atomic E-state index is -0.487. The maximum absolute atomic E-state index is 14.3. The molecule has 8 rings (SSSR count). The molecule has 3 aliphatic carbocycles. The number of imide groups is 1. The van der Waals surface area contributed by atoms with Gasteiger partial charge in [0, 0.05) is 16.7 Å². The third kappa shape index (κ3) is 2.11. The Morgan fingerprint density at radius 1 is 0.727 bits per heavy atom. The Morgan fingerprint density at radius 2 is 1.33 bits per heavy atom. The Labute approximate surface area is 192 Å². The van der Waals surface area contributed by atoms with E-state index in [1.807, 2.05) is 42.5 Å². The van der Waals surface area contributed by atoms with Gasteiger partial charge in [0.25, 0.3) is 0 Å². The van der Waals surface area contributed by atoms with Crippen LogP contribution in [0.25, 0.3) is 10.8 Å². The van der Waals surface area contributed by atoms with Crippen LogP contribution in [0.4, 0.5) is 5.69 Å². The molecule has 1 saturated heterocycles. The minimum absolute atomic E-state index is 0.0581. The smallest absolute Gasteiger partial charge is 0.238 e. The largest absolute Gasteiger partial charge is 0.274 e. The van der Waals surface area contributed by atoms with E-state index in [1.54, 1.807) is 0 Å². The Bertz CT molecular complexity index is 1430. The lowest BCUT2D eigenvalue weighted by Gasteiger charge is -2.54. The predicted octanol–water partition coefficient (Wildman–Crippen LogP) is 5.80. The van der Waals surface area contributed by atoms with Crippen molar-refractivity contribution in [1.29, 1.82) is 0 Å². The molecule has 1 aliphatic heterocycles. The van der Waals surface area contributed by atoms with Gasteiger partial charge in [-0.15, -0.1) is 0 Å². The summed E-state index contributed by atoms with van der Waals surface area (Å²) in [5, 5.41) is 1.97. The minimum Gasteiger partial charge on any atom is -0.274 e. The fraction of sp³-hybridized carbons (Fsp3) is 0.200. The molecule has 4 aliphatic rings. The first-order valence-electron chi connectivity index (χ1n) is 11.7. The normalized spacial score (nSPS) is 26.9. The van der Waals surface area contributed by atoms with Crippen LogP contribution >= 0.6 is 0 Å². The van der Waals surface area contributed by atoms with Crippen LogP contribution in [0.15, 0.2) is 91.0 Å². The number of rotatable bonds is 2. The summed E-state index contributed by atoms with van der Waals surface area (Å²) in [6.45, 7) is 2.16. The van der Waals surface area contributed by atoms with Crippen LogP contribution in [-0.4, -0.2) is 11.8 Å². The van der Waals surface area contributed by atoms with E-state index in [1.165, 1.54) is 27.2 Å². The molecule has 3 nitrogen and oxygen atoms in total. The van der Waals surface area contributed by atoms with Gasteiger partial charge in [0.1, 0.15) is 0 Å². The van der Waals surface area contributed by atoms with Crippen molar-refractivity contribution >= 4 is 28.3 Å². The second kappa shape index (κ2) is 6.41. The topological polar surface area (TPSA) is 37.4 Å². The standard InChI is InChI=1S/C30H23NO2/c1-2-30-22-15-7-5-13-20(22)25(21-14-6-8-16-23(21)30)26-27(30)29(33)31(28(26)32)24-17-9-11-18-10-3-4-12-19(18)24/h3-17,25-27H,2H2,1H3. The third-order valence-corrected chi connectivity index (χ3v) is 8.36. The molecule has 0 saturated carbocycles. The van der Waals surface area contributed by atoms with Crippen LogP contribution in [0, 0.1) is 11.8 Å². The number of hydrogen-bond acceptors (Lipinski definition) is 2. The quantitative estimate of drug-likeness (QED) is 0.378. The maximum atomic E-state index is 14.3. The fourth-order valence-electron chi connectivity index (χ4n) is 7.17. The first-order valence-corrected chi connectivity index (χ1v) is 11.7. The van der Waals surface area contributed by atoms with Gasteiger partial charge in [0.2, 0.25) is 11.8 Å². The number of carbonyl (C=O) groups excluding carboxylic acids is 2. The highest BCUT2D eigenvalue weighted by atomic mass is 16.2. The van der Waals surface area contributed by atoms with E-state index in [4.69, 9.17) is 0 Å². The fourth-order valence-corrected chi connectivity index (χ4v) is 7.17. The first-order chi connectivity index (χ1) is 16.2. The van der Waals surface area contributed by atoms with E-state index in [0.29, 0.717) is 5.69 Å². The van der Waals surface area contributed by atoms with Crippen molar-refractivity contribution < 1.29 is 9.59 Å². The second-order valence-electron chi connectivity index (χ2n) is 9.49. The van der Waals surface area contributed by atoms with Gasteiger partial charge in [-0.25, -0.2) is 4.90 Å². The third-order valence-electron chi connectivity index (χ3n) is 8.36. The number of benzene rings is 4. The summed E-state index contributed by atoms with van der Waals surface area (Å²) in [6.07, 6.45) is 0.775. The van der Waals surface area contributed by atoms with E-state index in [9.17, 15) is 9.59 Å². The zero-order valence-electron chi connectivity index (χ0n) is 18.4. The lowest BCUT2D eigenvalue weighted by atomic mass is 9.46. The van der Waals surface area contributed by atoms with Crippen LogP contribution in [0.1, 0.15) is 41.5 Å². The first kappa shape index (κ1) is 18.8. The van der Waals surface area contributed by atoms with Crippen molar-refractivity contribution in [2.24, 2.45) is 11.8 Å².